The van der Waals surface area contributed by atoms with Gasteiger partial charge in [-0.2, -0.15) is 0 Å². The number of halogens is 1. The third-order valence-corrected chi connectivity index (χ3v) is 10.1. The van der Waals surface area contributed by atoms with Crippen molar-refractivity contribution in [2.75, 3.05) is 30.5 Å². The number of carbonyl (C=O) groups excluding carboxylic acids is 3. The quantitative estimate of drug-likeness (QED) is 0.176. The van der Waals surface area contributed by atoms with Crippen LogP contribution in [-0.2, 0) is 33.0 Å². The molecule has 266 valence electrons. The molecule has 9 nitrogen and oxygen atoms in total. The van der Waals surface area contributed by atoms with Crippen molar-refractivity contribution in [2.24, 2.45) is 11.8 Å². The van der Waals surface area contributed by atoms with Crippen LogP contribution >= 0.6 is 0 Å². The van der Waals surface area contributed by atoms with Crippen molar-refractivity contribution in [1.82, 2.24) is 4.90 Å². The summed E-state index contributed by atoms with van der Waals surface area (Å²) in [5.41, 5.74) is 0.264. The fraction of sp³-hybridized carbons (Fsp3) is 0.341. The number of amides is 3. The Morgan fingerprint density at radius 2 is 1.63 bits per heavy atom. The highest BCUT2D eigenvalue weighted by Gasteiger charge is 2.66. The topological polar surface area (TPSA) is 108 Å². The Kier molecular flexibility index (Phi) is 10.3. The van der Waals surface area contributed by atoms with Gasteiger partial charge in [-0.15, -0.1) is 0 Å². The van der Waals surface area contributed by atoms with Crippen molar-refractivity contribution in [3.8, 4) is 5.75 Å². The molecule has 0 radical (unpaired) electrons. The maximum Gasteiger partial charge on any atom is 0.264 e. The maximum atomic E-state index is 16.4. The molecule has 4 aromatic rings. The predicted molar refractivity (Wildman–Crippen MR) is 193 cm³/mol. The van der Waals surface area contributed by atoms with Crippen molar-refractivity contribution in [1.29, 1.82) is 0 Å². The molecule has 1 spiro atoms. The number of rotatable bonds is 12. The molecule has 2 aliphatic heterocycles. The first-order valence-corrected chi connectivity index (χ1v) is 17.2. The summed E-state index contributed by atoms with van der Waals surface area (Å²) in [6.07, 6.45) is -1.15. The SMILES string of the molecule is COc1ccc(C(=O)Nc2ccc3c(c2)[C@]2(O[C@@H](CC(=O)N(CCO)Cc4ccccc4)[C@H](C(C)(C)F)[C@H]2C)C(=O)N3Cc2ccccc2)cc1. The number of methoxy groups -OCH3 is 1. The number of fused-ring (bicyclic) bond motifs is 2. The highest BCUT2D eigenvalue weighted by Crippen LogP contribution is 2.59. The Bertz CT molecular complexity index is 1860. The Morgan fingerprint density at radius 1 is 0.980 bits per heavy atom. The fourth-order valence-electron chi connectivity index (χ4n) is 7.71. The van der Waals surface area contributed by atoms with Crippen LogP contribution in [-0.4, -0.2) is 59.8 Å². The first-order chi connectivity index (χ1) is 24.5. The number of hydrogen-bond donors (Lipinski definition) is 2. The minimum absolute atomic E-state index is 0.0920. The van der Waals surface area contributed by atoms with E-state index in [9.17, 15) is 19.5 Å². The number of carbonyl (C=O) groups is 3. The first kappa shape index (κ1) is 35.8. The van der Waals surface area contributed by atoms with E-state index in [4.69, 9.17) is 9.47 Å². The van der Waals surface area contributed by atoms with Crippen LogP contribution in [0.2, 0.25) is 0 Å². The predicted octanol–water partition coefficient (Wildman–Crippen LogP) is 6.50. The lowest BCUT2D eigenvalue weighted by molar-refractivity contribution is -0.150. The molecule has 0 aliphatic carbocycles. The van der Waals surface area contributed by atoms with Gasteiger partial charge in [0.05, 0.1) is 38.5 Å². The normalized spacial score (nSPS) is 21.1. The molecule has 10 heteroatoms. The molecule has 1 saturated heterocycles. The van der Waals surface area contributed by atoms with Gasteiger partial charge in [-0.1, -0.05) is 67.6 Å². The Labute approximate surface area is 298 Å². The average Bonchev–Trinajstić information content (AvgIpc) is 3.54. The van der Waals surface area contributed by atoms with Crippen molar-refractivity contribution in [3.63, 3.8) is 0 Å². The molecule has 2 N–H and O–H groups in total. The molecule has 4 atom stereocenters. The second-order valence-corrected chi connectivity index (χ2v) is 13.8. The summed E-state index contributed by atoms with van der Waals surface area (Å²) in [6, 6.07) is 30.9. The van der Waals surface area contributed by atoms with Crippen LogP contribution in [0.4, 0.5) is 15.8 Å². The molecule has 0 saturated carbocycles. The Hall–Kier alpha value is -5.06. The van der Waals surface area contributed by atoms with Gasteiger partial charge in [-0.3, -0.25) is 14.4 Å². The van der Waals surface area contributed by atoms with Crippen LogP contribution in [0.3, 0.4) is 0 Å². The van der Waals surface area contributed by atoms with Crippen molar-refractivity contribution in [2.45, 2.75) is 57.7 Å². The number of aliphatic hydroxyl groups is 1. The minimum atomic E-state index is -1.83. The van der Waals surface area contributed by atoms with E-state index in [1.807, 2.05) is 67.6 Å². The molecule has 0 unspecified atom stereocenters. The van der Waals surface area contributed by atoms with E-state index < -0.39 is 29.2 Å². The number of anilines is 2. The molecular formula is C41H44FN3O6. The van der Waals surface area contributed by atoms with Gasteiger partial charge < -0.3 is 29.7 Å². The molecule has 3 amide bonds. The van der Waals surface area contributed by atoms with Crippen LogP contribution < -0.4 is 15.0 Å². The standard InChI is InChI=1S/C41H44FN3O6/c1-27-37(40(2,3)42)35(24-36(47)44(21-22-46)25-28-11-7-5-8-12-28)51-41(27)33-23-31(43-38(48)30-15-18-32(50-4)19-16-30)17-20-34(33)45(39(41)49)26-29-13-9-6-10-14-29/h5-20,23,27,35,37,46H,21-22,24-26H2,1-4H3,(H,43,48)/t27-,35+,37-,41+/m1/s1. The van der Waals surface area contributed by atoms with Gasteiger partial charge in [0.25, 0.3) is 11.8 Å². The van der Waals surface area contributed by atoms with Crippen molar-refractivity contribution in [3.05, 3.63) is 125 Å². The number of hydrogen-bond acceptors (Lipinski definition) is 6. The molecule has 2 heterocycles. The average molecular weight is 694 g/mol. The minimum Gasteiger partial charge on any atom is -0.497 e. The van der Waals surface area contributed by atoms with Crippen LogP contribution in [0, 0.1) is 11.8 Å². The molecule has 4 aromatic carbocycles. The highest BCUT2D eigenvalue weighted by molar-refractivity contribution is 6.09. The summed E-state index contributed by atoms with van der Waals surface area (Å²) < 4.78 is 28.4. The van der Waals surface area contributed by atoms with Crippen molar-refractivity contribution < 1.29 is 33.4 Å². The monoisotopic (exact) mass is 693 g/mol. The molecule has 0 aromatic heterocycles. The van der Waals surface area contributed by atoms with Crippen LogP contribution in [0.5, 0.6) is 5.75 Å². The summed E-state index contributed by atoms with van der Waals surface area (Å²) in [5, 5.41) is 12.8. The third kappa shape index (κ3) is 7.11. The fourth-order valence-corrected chi connectivity index (χ4v) is 7.71. The number of benzene rings is 4. The van der Waals surface area contributed by atoms with Gasteiger partial charge in [0.2, 0.25) is 5.91 Å². The van der Waals surface area contributed by atoms with Crippen LogP contribution in [0.15, 0.2) is 103 Å². The smallest absolute Gasteiger partial charge is 0.264 e. The summed E-state index contributed by atoms with van der Waals surface area (Å²) in [4.78, 5) is 45.3. The number of aliphatic hydroxyl groups excluding tert-OH is 1. The molecule has 51 heavy (non-hydrogen) atoms. The summed E-state index contributed by atoms with van der Waals surface area (Å²) in [5.74, 6) is -1.95. The van der Waals surface area contributed by atoms with E-state index >= 15 is 4.39 Å². The Morgan fingerprint density at radius 3 is 2.24 bits per heavy atom. The number of alkyl halides is 1. The lowest BCUT2D eigenvalue weighted by atomic mass is 9.71. The molecule has 1 fully saturated rings. The summed E-state index contributed by atoms with van der Waals surface area (Å²) in [7, 11) is 1.55. The second-order valence-electron chi connectivity index (χ2n) is 13.8. The van der Waals surface area contributed by atoms with E-state index in [0.717, 1.165) is 11.1 Å². The second kappa shape index (κ2) is 14.7. The van der Waals surface area contributed by atoms with Gasteiger partial charge >= 0.3 is 0 Å². The zero-order valence-corrected chi connectivity index (χ0v) is 29.3. The first-order valence-electron chi connectivity index (χ1n) is 17.2. The lowest BCUT2D eigenvalue weighted by Gasteiger charge is -2.32. The molecular weight excluding hydrogens is 649 g/mol. The van der Waals surface area contributed by atoms with Crippen LogP contribution in [0.25, 0.3) is 0 Å². The van der Waals surface area contributed by atoms with Gasteiger partial charge in [0.15, 0.2) is 5.60 Å². The zero-order chi connectivity index (χ0) is 36.3. The number of nitrogens with one attached hydrogen (secondary N) is 1. The summed E-state index contributed by atoms with van der Waals surface area (Å²) >= 11 is 0. The highest BCUT2D eigenvalue weighted by atomic mass is 19.1. The van der Waals surface area contributed by atoms with Gasteiger partial charge in [0.1, 0.15) is 11.4 Å². The van der Waals surface area contributed by atoms with E-state index in [0.29, 0.717) is 28.3 Å². The van der Waals surface area contributed by atoms with Gasteiger partial charge in [-0.05, 0) is 67.4 Å². The van der Waals surface area contributed by atoms with Crippen molar-refractivity contribution >= 4 is 29.1 Å². The van der Waals surface area contributed by atoms with Gasteiger partial charge in [-0.25, -0.2) is 4.39 Å². The lowest BCUT2D eigenvalue weighted by Crippen LogP contribution is -2.45. The van der Waals surface area contributed by atoms with E-state index in [1.165, 1.54) is 18.7 Å². The van der Waals surface area contributed by atoms with Crippen LogP contribution in [0.1, 0.15) is 54.2 Å². The zero-order valence-electron chi connectivity index (χ0n) is 29.3. The molecule has 2 aliphatic rings. The number of ether oxygens (including phenoxy) is 2. The summed E-state index contributed by atoms with van der Waals surface area (Å²) in [6.45, 7) is 5.08. The number of nitrogens with zero attached hydrogens (tertiary/aromatic N) is 2. The molecule has 6 rings (SSSR count). The maximum absolute atomic E-state index is 16.4. The molecule has 0 bridgehead atoms. The van der Waals surface area contributed by atoms with Gasteiger partial charge in [0, 0.05) is 41.7 Å². The Balaban J connectivity index is 1.37. The van der Waals surface area contributed by atoms with E-state index in [-0.39, 0.29) is 50.4 Å². The van der Waals surface area contributed by atoms with E-state index in [2.05, 4.69) is 5.32 Å². The third-order valence-electron chi connectivity index (χ3n) is 10.1. The van der Waals surface area contributed by atoms with E-state index in [1.54, 1.807) is 54.5 Å². The largest absolute Gasteiger partial charge is 0.497 e.